The molecular formula is C20H15ClN2O4. The van der Waals surface area contributed by atoms with Crippen LogP contribution in [-0.4, -0.2) is 10.8 Å². The fourth-order valence-corrected chi connectivity index (χ4v) is 2.57. The van der Waals surface area contributed by atoms with Crippen molar-refractivity contribution in [2.75, 3.05) is 5.32 Å². The molecule has 0 aliphatic rings. The second kappa shape index (κ2) is 7.88. The van der Waals surface area contributed by atoms with Crippen LogP contribution in [0.25, 0.3) is 17.4 Å². The van der Waals surface area contributed by atoms with Gasteiger partial charge in [0.05, 0.1) is 4.92 Å². The van der Waals surface area contributed by atoms with E-state index >= 15 is 0 Å². The number of hydrogen-bond donors (Lipinski definition) is 1. The molecule has 6 nitrogen and oxygen atoms in total. The van der Waals surface area contributed by atoms with E-state index in [1.54, 1.807) is 37.3 Å². The van der Waals surface area contributed by atoms with Crippen LogP contribution in [-0.2, 0) is 4.79 Å². The third-order valence-corrected chi connectivity index (χ3v) is 4.09. The third-order valence-electron chi connectivity index (χ3n) is 3.83. The lowest BCUT2D eigenvalue weighted by Gasteiger charge is -2.05. The summed E-state index contributed by atoms with van der Waals surface area (Å²) in [6.07, 6.45) is 2.89. The van der Waals surface area contributed by atoms with E-state index in [1.807, 2.05) is 12.1 Å². The second-order valence-corrected chi connectivity index (χ2v) is 6.22. The molecule has 7 heteroatoms. The first-order valence-electron chi connectivity index (χ1n) is 8.02. The van der Waals surface area contributed by atoms with Crippen molar-refractivity contribution in [1.82, 2.24) is 0 Å². The van der Waals surface area contributed by atoms with Gasteiger partial charge in [0.2, 0.25) is 5.91 Å². The molecule has 1 aromatic heterocycles. The van der Waals surface area contributed by atoms with E-state index < -0.39 is 4.92 Å². The monoisotopic (exact) mass is 382 g/mol. The number of nitro benzene ring substituents is 1. The van der Waals surface area contributed by atoms with Gasteiger partial charge in [0.1, 0.15) is 11.5 Å². The Kier molecular flexibility index (Phi) is 5.38. The number of non-ortho nitro benzene ring substituents is 1. The smallest absolute Gasteiger partial charge is 0.269 e. The van der Waals surface area contributed by atoms with Gasteiger partial charge in [-0.3, -0.25) is 14.9 Å². The SMILES string of the molecule is Cc1cc([N+](=O)[O-])ccc1NC(=O)C=Cc1ccc(-c2ccc(Cl)cc2)o1. The molecule has 0 unspecified atom stereocenters. The summed E-state index contributed by atoms with van der Waals surface area (Å²) in [4.78, 5) is 22.4. The van der Waals surface area contributed by atoms with Crippen molar-refractivity contribution in [3.63, 3.8) is 0 Å². The largest absolute Gasteiger partial charge is 0.457 e. The third kappa shape index (κ3) is 4.62. The van der Waals surface area contributed by atoms with E-state index in [9.17, 15) is 14.9 Å². The van der Waals surface area contributed by atoms with Crippen molar-refractivity contribution in [3.05, 3.63) is 87.1 Å². The lowest BCUT2D eigenvalue weighted by molar-refractivity contribution is -0.384. The molecule has 0 bridgehead atoms. The van der Waals surface area contributed by atoms with E-state index in [0.717, 1.165) is 5.56 Å². The highest BCUT2D eigenvalue weighted by molar-refractivity contribution is 6.30. The number of nitro groups is 1. The molecule has 0 aliphatic carbocycles. The number of carbonyl (C=O) groups excluding carboxylic acids is 1. The highest BCUT2D eigenvalue weighted by atomic mass is 35.5. The van der Waals surface area contributed by atoms with Gasteiger partial charge in [-0.1, -0.05) is 11.6 Å². The predicted molar refractivity (Wildman–Crippen MR) is 105 cm³/mol. The summed E-state index contributed by atoms with van der Waals surface area (Å²) < 4.78 is 5.69. The average Bonchev–Trinajstić information content (AvgIpc) is 3.11. The second-order valence-electron chi connectivity index (χ2n) is 5.79. The van der Waals surface area contributed by atoms with Gasteiger partial charge >= 0.3 is 0 Å². The molecule has 0 aliphatic heterocycles. The number of amides is 1. The van der Waals surface area contributed by atoms with Crippen LogP contribution in [0.4, 0.5) is 11.4 Å². The maximum absolute atomic E-state index is 12.1. The van der Waals surface area contributed by atoms with Gasteiger partial charge in [-0.2, -0.15) is 0 Å². The first kappa shape index (κ1) is 18.4. The van der Waals surface area contributed by atoms with E-state index in [0.29, 0.717) is 27.8 Å². The number of aryl methyl sites for hydroxylation is 1. The maximum Gasteiger partial charge on any atom is 0.269 e. The molecule has 3 rings (SSSR count). The van der Waals surface area contributed by atoms with E-state index in [2.05, 4.69) is 5.32 Å². The molecule has 0 radical (unpaired) electrons. The fourth-order valence-electron chi connectivity index (χ4n) is 2.45. The Morgan fingerprint density at radius 2 is 1.89 bits per heavy atom. The summed E-state index contributed by atoms with van der Waals surface area (Å²) in [6.45, 7) is 1.69. The highest BCUT2D eigenvalue weighted by Gasteiger charge is 2.09. The summed E-state index contributed by atoms with van der Waals surface area (Å²) in [7, 11) is 0. The number of nitrogens with one attached hydrogen (secondary N) is 1. The minimum Gasteiger partial charge on any atom is -0.457 e. The summed E-state index contributed by atoms with van der Waals surface area (Å²) in [6, 6.07) is 15.1. The van der Waals surface area contributed by atoms with Crippen molar-refractivity contribution in [3.8, 4) is 11.3 Å². The number of rotatable bonds is 5. The minimum atomic E-state index is -0.478. The minimum absolute atomic E-state index is 0.0219. The highest BCUT2D eigenvalue weighted by Crippen LogP contribution is 2.24. The normalized spacial score (nSPS) is 10.9. The Labute approximate surface area is 160 Å². The van der Waals surface area contributed by atoms with E-state index in [4.69, 9.17) is 16.0 Å². The number of hydrogen-bond acceptors (Lipinski definition) is 4. The number of anilines is 1. The van der Waals surface area contributed by atoms with Crippen molar-refractivity contribution >= 4 is 35.0 Å². The molecule has 0 saturated carbocycles. The van der Waals surface area contributed by atoms with Gasteiger partial charge in [-0.05, 0) is 61.0 Å². The standard InChI is InChI=1S/C20H15ClN2O4/c1-13-12-16(23(25)26)6-9-18(13)22-20(24)11-8-17-7-10-19(27-17)14-2-4-15(21)5-3-14/h2-12H,1H3,(H,22,24). The lowest BCUT2D eigenvalue weighted by Crippen LogP contribution is -2.09. The molecule has 0 saturated heterocycles. The van der Waals surface area contributed by atoms with Gasteiger partial charge in [-0.15, -0.1) is 0 Å². The van der Waals surface area contributed by atoms with Gasteiger partial charge in [0.25, 0.3) is 5.69 Å². The van der Waals surface area contributed by atoms with Crippen LogP contribution in [0, 0.1) is 17.0 Å². The van der Waals surface area contributed by atoms with Crippen molar-refractivity contribution in [2.24, 2.45) is 0 Å². The molecule has 1 heterocycles. The van der Waals surface area contributed by atoms with Crippen molar-refractivity contribution in [1.29, 1.82) is 0 Å². The predicted octanol–water partition coefficient (Wildman–Crippen LogP) is 5.47. The van der Waals surface area contributed by atoms with Gasteiger partial charge in [0, 0.05) is 34.5 Å². The molecule has 0 spiro atoms. The van der Waals surface area contributed by atoms with Gasteiger partial charge in [0.15, 0.2) is 0 Å². The fraction of sp³-hybridized carbons (Fsp3) is 0.0500. The van der Waals surface area contributed by atoms with Crippen LogP contribution in [0.5, 0.6) is 0 Å². The Balaban J connectivity index is 1.67. The van der Waals surface area contributed by atoms with Crippen LogP contribution in [0.1, 0.15) is 11.3 Å². The summed E-state index contributed by atoms with van der Waals surface area (Å²) >= 11 is 5.87. The Morgan fingerprint density at radius 3 is 2.56 bits per heavy atom. The Bertz CT molecular complexity index is 1020. The maximum atomic E-state index is 12.1. The quantitative estimate of drug-likeness (QED) is 0.360. The first-order valence-corrected chi connectivity index (χ1v) is 8.40. The van der Waals surface area contributed by atoms with Crippen LogP contribution >= 0.6 is 11.6 Å². The zero-order valence-electron chi connectivity index (χ0n) is 14.3. The van der Waals surface area contributed by atoms with Crippen molar-refractivity contribution in [2.45, 2.75) is 6.92 Å². The van der Waals surface area contributed by atoms with E-state index in [-0.39, 0.29) is 11.6 Å². The molecular weight excluding hydrogens is 368 g/mol. The van der Waals surface area contributed by atoms with Crippen molar-refractivity contribution < 1.29 is 14.1 Å². The van der Waals surface area contributed by atoms with Gasteiger partial charge < -0.3 is 9.73 Å². The molecule has 0 fully saturated rings. The average molecular weight is 383 g/mol. The first-order chi connectivity index (χ1) is 12.9. The number of benzene rings is 2. The van der Waals surface area contributed by atoms with Crippen LogP contribution < -0.4 is 5.32 Å². The zero-order chi connectivity index (χ0) is 19.4. The lowest BCUT2D eigenvalue weighted by atomic mass is 10.2. The Hall–Kier alpha value is -3.38. The van der Waals surface area contributed by atoms with E-state index in [1.165, 1.54) is 24.3 Å². The van der Waals surface area contributed by atoms with Gasteiger partial charge in [-0.25, -0.2) is 0 Å². The molecule has 27 heavy (non-hydrogen) atoms. The molecule has 136 valence electrons. The number of halogens is 1. The topological polar surface area (TPSA) is 85.4 Å². The number of carbonyl (C=O) groups is 1. The molecule has 2 aromatic carbocycles. The molecule has 0 atom stereocenters. The molecule has 1 N–H and O–H groups in total. The van der Waals surface area contributed by atoms with Crippen LogP contribution in [0.15, 0.2) is 65.1 Å². The van der Waals surface area contributed by atoms with Crippen LogP contribution in [0.2, 0.25) is 5.02 Å². The van der Waals surface area contributed by atoms with Crippen LogP contribution in [0.3, 0.4) is 0 Å². The molecule has 3 aromatic rings. The summed E-state index contributed by atoms with van der Waals surface area (Å²) in [5.41, 5.74) is 1.97. The number of furan rings is 1. The summed E-state index contributed by atoms with van der Waals surface area (Å²) in [5, 5.41) is 14.1. The molecule has 1 amide bonds. The number of nitrogens with zero attached hydrogens (tertiary/aromatic N) is 1. The zero-order valence-corrected chi connectivity index (χ0v) is 15.1. The summed E-state index contributed by atoms with van der Waals surface area (Å²) in [5.74, 6) is 0.824. The Morgan fingerprint density at radius 1 is 1.15 bits per heavy atom.